The number of rotatable bonds is 10. The van der Waals surface area contributed by atoms with Crippen molar-refractivity contribution in [3.8, 4) is 17.2 Å². The molecule has 0 aliphatic carbocycles. The van der Waals surface area contributed by atoms with E-state index in [1.807, 2.05) is 30.3 Å². The molecule has 4 rings (SSSR count). The van der Waals surface area contributed by atoms with E-state index < -0.39 is 11.7 Å². The van der Waals surface area contributed by atoms with Crippen LogP contribution in [0.15, 0.2) is 59.0 Å². The molecule has 1 aromatic heterocycles. The van der Waals surface area contributed by atoms with Crippen molar-refractivity contribution in [2.75, 3.05) is 18.1 Å². The van der Waals surface area contributed by atoms with E-state index in [-0.39, 0.29) is 52.6 Å². The maximum absolute atomic E-state index is 13.5. The van der Waals surface area contributed by atoms with E-state index >= 15 is 0 Å². The number of ether oxygens (including phenoxy) is 1. The number of nitrogen functional groups attached to an aromatic ring is 2. The van der Waals surface area contributed by atoms with E-state index in [1.165, 1.54) is 24.3 Å². The van der Waals surface area contributed by atoms with Gasteiger partial charge >= 0.3 is 0 Å². The molecule has 1 heterocycles. The van der Waals surface area contributed by atoms with Crippen molar-refractivity contribution < 1.29 is 29.0 Å². The zero-order chi connectivity index (χ0) is 25.8. The molecule has 0 saturated heterocycles. The van der Waals surface area contributed by atoms with Crippen molar-refractivity contribution in [3.05, 3.63) is 77.0 Å². The number of hydrogen-bond donors (Lipinski definition) is 5. The lowest BCUT2D eigenvalue weighted by molar-refractivity contribution is -0.118. The molecule has 0 unspecified atom stereocenters. The highest BCUT2D eigenvalue weighted by Gasteiger charge is 2.25. The lowest BCUT2D eigenvalue weighted by Crippen LogP contribution is -2.11. The quantitative estimate of drug-likeness (QED) is 0.127. The minimum absolute atomic E-state index is 0.0432. The summed E-state index contributed by atoms with van der Waals surface area (Å²) in [5.41, 5.74) is 18.5. The van der Waals surface area contributed by atoms with Gasteiger partial charge in [-0.25, -0.2) is 0 Å². The van der Waals surface area contributed by atoms with Gasteiger partial charge < -0.3 is 36.6 Å². The van der Waals surface area contributed by atoms with Crippen LogP contribution < -0.4 is 21.9 Å². The predicted octanol–water partition coefficient (Wildman–Crippen LogP) is 3.67. The van der Waals surface area contributed by atoms with Crippen molar-refractivity contribution >= 4 is 34.0 Å². The number of carbonyl (C=O) groups is 2. The van der Waals surface area contributed by atoms with Crippen LogP contribution in [0.5, 0.6) is 17.2 Å². The third kappa shape index (κ3) is 5.20. The SMILES string of the molecule is NC(=O)CCCc1oc2cc(OCCc3ccccc3)c(O)cc2c1C(=O)c1cc(N)c(O)c(N)c1. The summed E-state index contributed by atoms with van der Waals surface area (Å²) < 4.78 is 11.8. The molecule has 0 radical (unpaired) electrons. The molecule has 4 aromatic rings. The van der Waals surface area contributed by atoms with Gasteiger partial charge in [0.1, 0.15) is 11.3 Å². The zero-order valence-corrected chi connectivity index (χ0v) is 19.5. The fourth-order valence-corrected chi connectivity index (χ4v) is 4.01. The molecule has 3 aromatic carbocycles. The summed E-state index contributed by atoms with van der Waals surface area (Å²) in [5, 5.41) is 20.9. The van der Waals surface area contributed by atoms with Crippen LogP contribution in [0.25, 0.3) is 11.0 Å². The number of amides is 1. The lowest BCUT2D eigenvalue weighted by Gasteiger charge is -2.09. The van der Waals surface area contributed by atoms with Crippen molar-refractivity contribution in [1.82, 2.24) is 0 Å². The number of phenols is 2. The Morgan fingerprint density at radius 3 is 2.31 bits per heavy atom. The molecule has 0 fully saturated rings. The van der Waals surface area contributed by atoms with E-state index in [4.69, 9.17) is 26.4 Å². The smallest absolute Gasteiger partial charge is 0.217 e. The van der Waals surface area contributed by atoms with Gasteiger partial charge in [0.15, 0.2) is 23.0 Å². The van der Waals surface area contributed by atoms with E-state index in [0.29, 0.717) is 36.2 Å². The van der Waals surface area contributed by atoms with Gasteiger partial charge in [-0.3, -0.25) is 9.59 Å². The van der Waals surface area contributed by atoms with Gasteiger partial charge in [0.25, 0.3) is 0 Å². The summed E-state index contributed by atoms with van der Waals surface area (Å²) in [4.78, 5) is 24.7. The first-order chi connectivity index (χ1) is 17.2. The van der Waals surface area contributed by atoms with Crippen molar-refractivity contribution in [3.63, 3.8) is 0 Å². The van der Waals surface area contributed by atoms with Crippen LogP contribution in [0.1, 0.15) is 40.1 Å². The molecular weight excluding hydrogens is 462 g/mol. The van der Waals surface area contributed by atoms with E-state index in [1.54, 1.807) is 0 Å². The molecule has 0 bridgehead atoms. The lowest BCUT2D eigenvalue weighted by atomic mass is 9.97. The van der Waals surface area contributed by atoms with Crippen LogP contribution >= 0.6 is 0 Å². The average molecular weight is 490 g/mol. The Morgan fingerprint density at radius 1 is 0.944 bits per heavy atom. The number of fused-ring (bicyclic) bond motifs is 1. The minimum atomic E-state index is -0.468. The molecule has 0 atom stereocenters. The number of nitrogens with two attached hydrogens (primary N) is 3. The monoisotopic (exact) mass is 489 g/mol. The number of furan rings is 1. The van der Waals surface area contributed by atoms with Gasteiger partial charge in [-0.1, -0.05) is 30.3 Å². The number of carbonyl (C=O) groups excluding carboxylic acids is 2. The Kier molecular flexibility index (Phi) is 7.00. The molecular formula is C27H27N3O6. The number of aromatic hydroxyl groups is 2. The highest BCUT2D eigenvalue weighted by Crippen LogP contribution is 2.38. The Labute approximate surface area is 207 Å². The number of hydrogen-bond acceptors (Lipinski definition) is 8. The Hall–Kier alpha value is -4.66. The fourth-order valence-electron chi connectivity index (χ4n) is 4.01. The van der Waals surface area contributed by atoms with Crippen molar-refractivity contribution in [1.29, 1.82) is 0 Å². The number of ketones is 1. The van der Waals surface area contributed by atoms with Gasteiger partial charge in [-0.2, -0.15) is 0 Å². The molecule has 1 amide bonds. The average Bonchev–Trinajstić information content (AvgIpc) is 3.19. The molecule has 9 heteroatoms. The van der Waals surface area contributed by atoms with Crippen LogP contribution in [0.2, 0.25) is 0 Å². The molecule has 186 valence electrons. The van der Waals surface area contributed by atoms with Crippen LogP contribution in [0.4, 0.5) is 11.4 Å². The molecule has 0 aliphatic rings. The number of aryl methyl sites for hydroxylation is 1. The minimum Gasteiger partial charge on any atom is -0.504 e. The Balaban J connectivity index is 1.69. The summed E-state index contributed by atoms with van der Waals surface area (Å²) in [6, 6.07) is 15.4. The summed E-state index contributed by atoms with van der Waals surface area (Å²) in [6.45, 7) is 0.326. The molecule has 9 nitrogen and oxygen atoms in total. The highest BCUT2D eigenvalue weighted by atomic mass is 16.5. The van der Waals surface area contributed by atoms with Crippen LogP contribution in [0.3, 0.4) is 0 Å². The number of benzene rings is 3. The van der Waals surface area contributed by atoms with E-state index in [2.05, 4.69) is 0 Å². The van der Waals surface area contributed by atoms with Gasteiger partial charge in [0, 0.05) is 36.3 Å². The van der Waals surface area contributed by atoms with Crippen LogP contribution in [0, 0.1) is 0 Å². The fraction of sp³-hybridized carbons (Fsp3) is 0.185. The van der Waals surface area contributed by atoms with Gasteiger partial charge in [0.2, 0.25) is 5.91 Å². The molecule has 0 aliphatic heterocycles. The number of primary amides is 1. The van der Waals surface area contributed by atoms with Crippen LogP contribution in [-0.2, 0) is 17.6 Å². The van der Waals surface area contributed by atoms with Crippen molar-refractivity contribution in [2.45, 2.75) is 25.7 Å². The molecule has 8 N–H and O–H groups in total. The molecule has 36 heavy (non-hydrogen) atoms. The Bertz CT molecular complexity index is 1410. The second-order valence-electron chi connectivity index (χ2n) is 8.45. The van der Waals surface area contributed by atoms with Crippen molar-refractivity contribution in [2.24, 2.45) is 5.73 Å². The summed E-state index contributed by atoms with van der Waals surface area (Å²) in [7, 11) is 0. The number of phenolic OH excluding ortho intramolecular Hbond substituents is 2. The second kappa shape index (κ2) is 10.3. The largest absolute Gasteiger partial charge is 0.504 e. The molecule has 0 saturated carbocycles. The Morgan fingerprint density at radius 2 is 1.64 bits per heavy atom. The highest BCUT2D eigenvalue weighted by molar-refractivity contribution is 6.18. The number of anilines is 2. The normalized spacial score (nSPS) is 11.0. The molecule has 0 spiro atoms. The first-order valence-electron chi connectivity index (χ1n) is 11.4. The summed E-state index contributed by atoms with van der Waals surface area (Å²) >= 11 is 0. The first-order valence-corrected chi connectivity index (χ1v) is 11.4. The zero-order valence-electron chi connectivity index (χ0n) is 19.5. The van der Waals surface area contributed by atoms with E-state index in [9.17, 15) is 19.8 Å². The topological polar surface area (TPSA) is 175 Å². The standard InChI is InChI=1S/C27H27N3O6/c28-18-11-16(12-19(29)27(18)34)26(33)25-17-13-20(31)23(35-10-9-15-5-2-1-3-6-15)14-22(17)36-21(25)7-4-8-24(30)32/h1-3,5-6,11-14,31,34H,4,7-10,28-29H2,(H2,30,32). The van der Waals surface area contributed by atoms with Gasteiger partial charge in [0.05, 0.1) is 23.5 Å². The third-order valence-corrected chi connectivity index (χ3v) is 5.82. The van der Waals surface area contributed by atoms with E-state index in [0.717, 1.165) is 5.56 Å². The predicted molar refractivity (Wildman–Crippen MR) is 136 cm³/mol. The van der Waals surface area contributed by atoms with Crippen LogP contribution in [-0.4, -0.2) is 28.5 Å². The van der Waals surface area contributed by atoms with Gasteiger partial charge in [-0.15, -0.1) is 0 Å². The summed E-state index contributed by atoms with van der Waals surface area (Å²) in [5.74, 6) is -0.850. The van der Waals surface area contributed by atoms with Gasteiger partial charge in [-0.05, 0) is 30.2 Å². The maximum Gasteiger partial charge on any atom is 0.217 e. The third-order valence-electron chi connectivity index (χ3n) is 5.82. The maximum atomic E-state index is 13.5. The second-order valence-corrected chi connectivity index (χ2v) is 8.45. The summed E-state index contributed by atoms with van der Waals surface area (Å²) in [6.07, 6.45) is 1.37. The first kappa shape index (κ1) is 24.5.